The molecule has 0 radical (unpaired) electrons. The molecule has 1 amide bonds. The Labute approximate surface area is 142 Å². The van der Waals surface area contributed by atoms with Crippen molar-refractivity contribution >= 4 is 17.9 Å². The molecule has 0 unspecified atom stereocenters. The number of rotatable bonds is 5. The van der Waals surface area contributed by atoms with E-state index in [1.165, 1.54) is 0 Å². The summed E-state index contributed by atoms with van der Waals surface area (Å²) in [5.41, 5.74) is 0.410. The molecule has 0 aromatic carbocycles. The number of likely N-dealkylation sites (tertiary alicyclic amines) is 1. The molecule has 1 atom stereocenters. The Kier molecular flexibility index (Phi) is 6.24. The van der Waals surface area contributed by atoms with Gasteiger partial charge < -0.3 is 14.4 Å². The minimum atomic E-state index is -0.453. The summed E-state index contributed by atoms with van der Waals surface area (Å²) in [5, 5.41) is 0.898. The zero-order chi connectivity index (χ0) is 16.9. The first-order valence-corrected chi connectivity index (χ1v) is 9.01. The van der Waals surface area contributed by atoms with Gasteiger partial charge in [-0.25, -0.2) is 9.78 Å². The number of carbonyl (C=O) groups excluding carboxylic acids is 1. The molecule has 1 aliphatic rings. The second-order valence-electron chi connectivity index (χ2n) is 6.61. The van der Waals surface area contributed by atoms with Gasteiger partial charge in [-0.1, -0.05) is 0 Å². The van der Waals surface area contributed by atoms with Crippen molar-refractivity contribution in [2.75, 3.05) is 26.0 Å². The van der Waals surface area contributed by atoms with E-state index >= 15 is 0 Å². The van der Waals surface area contributed by atoms with Crippen molar-refractivity contribution in [1.82, 2.24) is 14.9 Å². The van der Waals surface area contributed by atoms with Crippen LogP contribution in [0.2, 0.25) is 0 Å². The zero-order valence-corrected chi connectivity index (χ0v) is 15.1. The van der Waals surface area contributed by atoms with E-state index in [0.29, 0.717) is 25.7 Å². The summed E-state index contributed by atoms with van der Waals surface area (Å²) < 4.78 is 11.2. The van der Waals surface area contributed by atoms with Gasteiger partial charge in [-0.15, -0.1) is 11.8 Å². The number of hydrogen-bond acceptors (Lipinski definition) is 6. The second kappa shape index (κ2) is 7.97. The Morgan fingerprint density at radius 1 is 1.39 bits per heavy atom. The van der Waals surface area contributed by atoms with Crippen LogP contribution in [-0.2, 0) is 16.1 Å². The van der Waals surface area contributed by atoms with E-state index in [4.69, 9.17) is 9.47 Å². The third kappa shape index (κ3) is 5.66. The number of ether oxygens (including phenoxy) is 2. The van der Waals surface area contributed by atoms with Gasteiger partial charge in [-0.05, 0) is 33.4 Å². The number of carbonyl (C=O) groups is 1. The summed E-state index contributed by atoms with van der Waals surface area (Å²) in [6.45, 7) is 8.12. The van der Waals surface area contributed by atoms with Crippen molar-refractivity contribution < 1.29 is 14.3 Å². The zero-order valence-electron chi connectivity index (χ0n) is 14.2. The number of thioether (sulfide) groups is 1. The fraction of sp³-hybridized carbons (Fsp3) is 0.688. The van der Waals surface area contributed by atoms with Crippen LogP contribution >= 0.6 is 11.8 Å². The molecule has 23 heavy (non-hydrogen) atoms. The Balaban J connectivity index is 1.75. The average molecular weight is 339 g/mol. The molecule has 2 rings (SSSR count). The monoisotopic (exact) mass is 339 g/mol. The Morgan fingerprint density at radius 2 is 2.13 bits per heavy atom. The summed E-state index contributed by atoms with van der Waals surface area (Å²) in [4.78, 5) is 22.4. The number of nitrogens with zero attached hydrogens (tertiary/aromatic N) is 3. The van der Waals surface area contributed by atoms with Crippen LogP contribution in [-0.4, -0.2) is 52.5 Å². The SMILES string of the molecule is CSc1nccnc1COC[C@@H]1CCN(C(=O)OC(C)(C)C)C1. The van der Waals surface area contributed by atoms with Crippen molar-refractivity contribution in [3.05, 3.63) is 18.1 Å². The highest BCUT2D eigenvalue weighted by molar-refractivity contribution is 7.98. The van der Waals surface area contributed by atoms with Crippen molar-refractivity contribution in [2.24, 2.45) is 5.92 Å². The van der Waals surface area contributed by atoms with Crippen LogP contribution in [0.3, 0.4) is 0 Å². The van der Waals surface area contributed by atoms with E-state index in [1.54, 1.807) is 29.1 Å². The third-order valence-corrected chi connectivity index (χ3v) is 4.19. The molecular weight excluding hydrogens is 314 g/mol. The van der Waals surface area contributed by atoms with Crippen LogP contribution in [0.5, 0.6) is 0 Å². The predicted octanol–water partition coefficient (Wildman–Crippen LogP) is 2.97. The fourth-order valence-electron chi connectivity index (χ4n) is 2.41. The topological polar surface area (TPSA) is 64.6 Å². The van der Waals surface area contributed by atoms with Crippen LogP contribution in [0.15, 0.2) is 17.4 Å². The number of amides is 1. The molecule has 1 saturated heterocycles. The molecule has 0 spiro atoms. The van der Waals surface area contributed by atoms with E-state index in [-0.39, 0.29) is 6.09 Å². The molecule has 0 aliphatic carbocycles. The Morgan fingerprint density at radius 3 is 2.83 bits per heavy atom. The van der Waals surface area contributed by atoms with Crippen LogP contribution < -0.4 is 0 Å². The number of aromatic nitrogens is 2. The fourth-order valence-corrected chi connectivity index (χ4v) is 2.92. The molecule has 0 N–H and O–H groups in total. The first-order chi connectivity index (χ1) is 10.9. The van der Waals surface area contributed by atoms with Gasteiger partial charge in [0.1, 0.15) is 10.6 Å². The van der Waals surface area contributed by atoms with Gasteiger partial charge in [0.05, 0.1) is 18.9 Å². The molecule has 1 aromatic heterocycles. The van der Waals surface area contributed by atoms with Crippen LogP contribution in [0.25, 0.3) is 0 Å². The second-order valence-corrected chi connectivity index (χ2v) is 7.40. The molecule has 6 nitrogen and oxygen atoms in total. The van der Waals surface area contributed by atoms with Crippen molar-refractivity contribution in [1.29, 1.82) is 0 Å². The van der Waals surface area contributed by atoms with Crippen LogP contribution in [0.4, 0.5) is 4.79 Å². The molecular formula is C16H25N3O3S. The lowest BCUT2D eigenvalue weighted by Gasteiger charge is -2.24. The van der Waals surface area contributed by atoms with E-state index in [2.05, 4.69) is 9.97 Å². The first kappa shape index (κ1) is 18.0. The minimum Gasteiger partial charge on any atom is -0.444 e. The third-order valence-electron chi connectivity index (χ3n) is 3.46. The van der Waals surface area contributed by atoms with Crippen LogP contribution in [0.1, 0.15) is 32.9 Å². The molecule has 0 saturated carbocycles. The Bertz CT molecular complexity index is 534. The highest BCUT2D eigenvalue weighted by atomic mass is 32.2. The van der Waals surface area contributed by atoms with Gasteiger partial charge in [0.15, 0.2) is 0 Å². The van der Waals surface area contributed by atoms with Gasteiger partial charge in [0.2, 0.25) is 0 Å². The van der Waals surface area contributed by atoms with Crippen LogP contribution in [0, 0.1) is 5.92 Å². The van der Waals surface area contributed by atoms with E-state index in [1.807, 2.05) is 27.0 Å². The van der Waals surface area contributed by atoms with Gasteiger partial charge in [-0.3, -0.25) is 4.98 Å². The molecule has 7 heteroatoms. The molecule has 128 valence electrons. The number of hydrogen-bond donors (Lipinski definition) is 0. The quantitative estimate of drug-likeness (QED) is 0.769. The summed E-state index contributed by atoms with van der Waals surface area (Å²) in [6, 6.07) is 0. The minimum absolute atomic E-state index is 0.237. The highest BCUT2D eigenvalue weighted by Crippen LogP contribution is 2.21. The molecule has 1 aliphatic heterocycles. The summed E-state index contributed by atoms with van der Waals surface area (Å²) in [7, 11) is 0. The van der Waals surface area contributed by atoms with Crippen molar-refractivity contribution in [3.8, 4) is 0 Å². The van der Waals surface area contributed by atoms with Gasteiger partial charge in [0.25, 0.3) is 0 Å². The van der Waals surface area contributed by atoms with Gasteiger partial charge >= 0.3 is 6.09 Å². The summed E-state index contributed by atoms with van der Waals surface area (Å²) in [6.07, 6.45) is 6.04. The maximum absolute atomic E-state index is 12.0. The molecule has 1 fully saturated rings. The molecule has 0 bridgehead atoms. The average Bonchev–Trinajstić information content (AvgIpc) is 2.95. The molecule has 2 heterocycles. The smallest absolute Gasteiger partial charge is 0.410 e. The van der Waals surface area contributed by atoms with E-state index in [0.717, 1.165) is 23.7 Å². The largest absolute Gasteiger partial charge is 0.444 e. The normalized spacial score (nSPS) is 18.3. The van der Waals surface area contributed by atoms with E-state index in [9.17, 15) is 4.79 Å². The lowest BCUT2D eigenvalue weighted by Crippen LogP contribution is -2.35. The Hall–Kier alpha value is -1.34. The standard InChI is InChI=1S/C16H25N3O3S/c1-16(2,3)22-15(20)19-8-5-12(9-19)10-21-11-13-14(23-4)18-7-6-17-13/h6-7,12H,5,8-11H2,1-4H3/t12-/m1/s1. The summed E-state index contributed by atoms with van der Waals surface area (Å²) >= 11 is 1.56. The van der Waals surface area contributed by atoms with Crippen molar-refractivity contribution in [3.63, 3.8) is 0 Å². The maximum Gasteiger partial charge on any atom is 0.410 e. The van der Waals surface area contributed by atoms with Gasteiger partial charge in [0, 0.05) is 31.4 Å². The van der Waals surface area contributed by atoms with Gasteiger partial charge in [-0.2, -0.15) is 0 Å². The predicted molar refractivity (Wildman–Crippen MR) is 89.4 cm³/mol. The summed E-state index contributed by atoms with van der Waals surface area (Å²) in [5.74, 6) is 0.344. The van der Waals surface area contributed by atoms with E-state index < -0.39 is 5.60 Å². The first-order valence-electron chi connectivity index (χ1n) is 7.78. The van der Waals surface area contributed by atoms with Crippen molar-refractivity contribution in [2.45, 2.75) is 44.4 Å². The lowest BCUT2D eigenvalue weighted by molar-refractivity contribution is 0.0270. The molecule has 1 aromatic rings. The highest BCUT2D eigenvalue weighted by Gasteiger charge is 2.29. The maximum atomic E-state index is 12.0. The lowest BCUT2D eigenvalue weighted by atomic mass is 10.1.